The van der Waals surface area contributed by atoms with Crippen molar-refractivity contribution in [3.05, 3.63) is 34.1 Å². The van der Waals surface area contributed by atoms with Crippen LogP contribution >= 0.6 is 15.9 Å². The lowest BCUT2D eigenvalue weighted by atomic mass is 10.2. The second-order valence-corrected chi connectivity index (χ2v) is 3.05. The first-order chi connectivity index (χ1) is 6.15. The second kappa shape index (κ2) is 4.07. The van der Waals surface area contributed by atoms with E-state index in [0.717, 1.165) is 12.1 Å². The summed E-state index contributed by atoms with van der Waals surface area (Å²) in [6, 6.07) is 3.84. The molecule has 66 valence electrons. The molecule has 0 aliphatic carbocycles. The molecule has 1 rings (SSSR count). The molecule has 0 aromatic heterocycles. The van der Waals surface area contributed by atoms with Crippen LogP contribution in [0.2, 0.25) is 0 Å². The van der Waals surface area contributed by atoms with E-state index in [4.69, 9.17) is 0 Å². The largest absolute Gasteiger partial charge is 0.290 e. The molecule has 0 aliphatic heterocycles. The van der Waals surface area contributed by atoms with Gasteiger partial charge in [0.1, 0.15) is 5.82 Å². The topological polar surface area (TPSA) is 46.5 Å². The van der Waals surface area contributed by atoms with Gasteiger partial charge in [-0.1, -0.05) is 15.9 Å². The summed E-state index contributed by atoms with van der Waals surface area (Å²) in [7, 11) is 0. The molecular formula is C8H3BrFNO2. The molecule has 3 nitrogen and oxygen atoms in total. The molecule has 1 aromatic rings. The molecule has 0 heterocycles. The van der Waals surface area contributed by atoms with Crippen molar-refractivity contribution in [1.29, 1.82) is 0 Å². The van der Waals surface area contributed by atoms with Gasteiger partial charge in [0.25, 0.3) is 5.91 Å². The number of carbonyl (C=O) groups is 1. The Balaban J connectivity index is 3.16. The van der Waals surface area contributed by atoms with E-state index in [0.29, 0.717) is 4.47 Å². The summed E-state index contributed by atoms with van der Waals surface area (Å²) in [5.74, 6) is -1.65. The van der Waals surface area contributed by atoms with Crippen molar-refractivity contribution in [1.82, 2.24) is 0 Å². The third-order valence-corrected chi connectivity index (χ3v) is 1.80. The molecule has 0 saturated heterocycles. The monoisotopic (exact) mass is 243 g/mol. The van der Waals surface area contributed by atoms with E-state index < -0.39 is 11.7 Å². The van der Waals surface area contributed by atoms with E-state index in [9.17, 15) is 14.0 Å². The molecule has 0 N–H and O–H groups in total. The minimum atomic E-state index is -0.931. The molecule has 0 unspecified atom stereocenters. The van der Waals surface area contributed by atoms with Crippen molar-refractivity contribution in [2.45, 2.75) is 0 Å². The van der Waals surface area contributed by atoms with Gasteiger partial charge in [-0.3, -0.25) is 4.79 Å². The Hall–Kier alpha value is -1.32. The molecular weight excluding hydrogens is 241 g/mol. The number of halogens is 2. The zero-order valence-electron chi connectivity index (χ0n) is 6.25. The van der Waals surface area contributed by atoms with E-state index in [1.807, 2.05) is 0 Å². The maximum Gasteiger partial charge on any atom is 0.290 e. The number of nitrogens with zero attached hydrogens (tertiary/aromatic N) is 1. The molecule has 0 fully saturated rings. The molecule has 0 atom stereocenters. The van der Waals surface area contributed by atoms with Crippen LogP contribution < -0.4 is 0 Å². The summed E-state index contributed by atoms with van der Waals surface area (Å²) in [4.78, 5) is 23.4. The van der Waals surface area contributed by atoms with Crippen molar-refractivity contribution < 1.29 is 14.0 Å². The van der Waals surface area contributed by atoms with Gasteiger partial charge in [0, 0.05) is 4.47 Å². The van der Waals surface area contributed by atoms with Crippen LogP contribution in [0.1, 0.15) is 10.4 Å². The van der Waals surface area contributed by atoms with Gasteiger partial charge in [-0.2, -0.15) is 0 Å². The third-order valence-electron chi connectivity index (χ3n) is 1.31. The quantitative estimate of drug-likeness (QED) is 0.560. The van der Waals surface area contributed by atoms with Crippen LogP contribution in [0.3, 0.4) is 0 Å². The average molecular weight is 244 g/mol. The standard InChI is InChI=1S/C8H3BrFNO2/c9-5-1-2-6(7(10)3-5)8(13)11-4-12/h1-3H. The summed E-state index contributed by atoms with van der Waals surface area (Å²) in [6.45, 7) is 0. The number of carbonyl (C=O) groups excluding carboxylic acids is 2. The summed E-state index contributed by atoms with van der Waals surface area (Å²) in [5, 5.41) is 0. The normalized spacial score (nSPS) is 9.08. The van der Waals surface area contributed by atoms with E-state index in [1.165, 1.54) is 12.1 Å². The van der Waals surface area contributed by atoms with Crippen LogP contribution in [-0.2, 0) is 4.79 Å². The Bertz CT molecular complexity index is 399. The Labute approximate surface area is 81.4 Å². The number of aliphatic imine (C=N–C) groups is 1. The lowest BCUT2D eigenvalue weighted by Gasteiger charge is -1.96. The smallest absolute Gasteiger partial charge is 0.266 e. The Morgan fingerprint density at radius 2 is 2.23 bits per heavy atom. The summed E-state index contributed by atoms with van der Waals surface area (Å²) in [6.07, 6.45) is 1.05. The van der Waals surface area contributed by atoms with E-state index >= 15 is 0 Å². The molecule has 0 bridgehead atoms. The molecule has 13 heavy (non-hydrogen) atoms. The summed E-state index contributed by atoms with van der Waals surface area (Å²) in [5.41, 5.74) is -0.244. The number of amides is 1. The van der Waals surface area contributed by atoms with Crippen molar-refractivity contribution >= 4 is 27.9 Å². The van der Waals surface area contributed by atoms with Crippen molar-refractivity contribution in [2.75, 3.05) is 0 Å². The van der Waals surface area contributed by atoms with E-state index in [2.05, 4.69) is 20.9 Å². The fraction of sp³-hybridized carbons (Fsp3) is 0. The van der Waals surface area contributed by atoms with Gasteiger partial charge in [-0.25, -0.2) is 9.18 Å². The van der Waals surface area contributed by atoms with Gasteiger partial charge >= 0.3 is 0 Å². The summed E-state index contributed by atoms with van der Waals surface area (Å²) >= 11 is 3.03. The zero-order valence-corrected chi connectivity index (χ0v) is 7.84. The maximum absolute atomic E-state index is 13.0. The molecule has 0 spiro atoms. The second-order valence-electron chi connectivity index (χ2n) is 2.13. The number of benzene rings is 1. The Kier molecular flexibility index (Phi) is 3.06. The first-order valence-corrected chi connectivity index (χ1v) is 4.01. The van der Waals surface area contributed by atoms with Gasteiger partial charge < -0.3 is 0 Å². The molecule has 1 amide bonds. The first kappa shape index (κ1) is 9.77. The molecule has 0 radical (unpaired) electrons. The van der Waals surface area contributed by atoms with Crippen LogP contribution in [0, 0.1) is 5.82 Å². The highest BCUT2D eigenvalue weighted by molar-refractivity contribution is 9.10. The zero-order chi connectivity index (χ0) is 9.84. The molecule has 0 saturated carbocycles. The van der Waals surface area contributed by atoms with E-state index in [-0.39, 0.29) is 5.56 Å². The predicted octanol–water partition coefficient (Wildman–Crippen LogP) is 2.06. The highest BCUT2D eigenvalue weighted by Crippen LogP contribution is 2.15. The molecule has 5 heteroatoms. The highest BCUT2D eigenvalue weighted by atomic mass is 79.9. The fourth-order valence-electron chi connectivity index (χ4n) is 0.765. The number of hydrogen-bond donors (Lipinski definition) is 0. The predicted molar refractivity (Wildman–Crippen MR) is 46.6 cm³/mol. The number of hydrogen-bond acceptors (Lipinski definition) is 2. The minimum absolute atomic E-state index is 0.244. The Morgan fingerprint density at radius 3 is 2.77 bits per heavy atom. The molecule has 1 aromatic carbocycles. The maximum atomic E-state index is 13.0. The SMILES string of the molecule is O=C=NC(=O)c1ccc(Br)cc1F. The highest BCUT2D eigenvalue weighted by Gasteiger charge is 2.10. The van der Waals surface area contributed by atoms with Crippen LogP contribution in [0.5, 0.6) is 0 Å². The van der Waals surface area contributed by atoms with Gasteiger partial charge in [0.05, 0.1) is 5.56 Å². The van der Waals surface area contributed by atoms with Crippen molar-refractivity contribution in [2.24, 2.45) is 4.99 Å². The average Bonchev–Trinajstić information content (AvgIpc) is 2.04. The molecule has 0 aliphatic rings. The van der Waals surface area contributed by atoms with Crippen LogP contribution in [0.15, 0.2) is 27.7 Å². The summed E-state index contributed by atoms with van der Waals surface area (Å²) < 4.78 is 13.5. The number of isocyanates is 1. The first-order valence-electron chi connectivity index (χ1n) is 3.22. The van der Waals surface area contributed by atoms with E-state index in [1.54, 1.807) is 0 Å². The lowest BCUT2D eigenvalue weighted by Crippen LogP contribution is -1.98. The number of rotatable bonds is 1. The van der Waals surface area contributed by atoms with Crippen LogP contribution in [0.4, 0.5) is 4.39 Å². The third kappa shape index (κ3) is 2.31. The Morgan fingerprint density at radius 1 is 1.54 bits per heavy atom. The van der Waals surface area contributed by atoms with Gasteiger partial charge in [0.2, 0.25) is 6.08 Å². The van der Waals surface area contributed by atoms with Crippen LogP contribution in [0.25, 0.3) is 0 Å². The van der Waals surface area contributed by atoms with Crippen LogP contribution in [-0.4, -0.2) is 12.0 Å². The van der Waals surface area contributed by atoms with Crippen molar-refractivity contribution in [3.8, 4) is 0 Å². The minimum Gasteiger partial charge on any atom is -0.266 e. The fourth-order valence-corrected chi connectivity index (χ4v) is 1.10. The van der Waals surface area contributed by atoms with Crippen molar-refractivity contribution in [3.63, 3.8) is 0 Å². The van der Waals surface area contributed by atoms with Gasteiger partial charge in [0.15, 0.2) is 0 Å². The van der Waals surface area contributed by atoms with Gasteiger partial charge in [-0.05, 0) is 18.2 Å². The lowest BCUT2D eigenvalue weighted by molar-refractivity contribution is 0.0999. The van der Waals surface area contributed by atoms with Gasteiger partial charge in [-0.15, -0.1) is 4.99 Å².